The van der Waals surface area contributed by atoms with Gasteiger partial charge in [0.05, 0.1) is 18.4 Å². The second-order valence-electron chi connectivity index (χ2n) is 9.24. The maximum absolute atomic E-state index is 12.7. The maximum atomic E-state index is 12.7. The van der Waals surface area contributed by atoms with Crippen LogP contribution >= 0.6 is 0 Å². The zero-order chi connectivity index (χ0) is 23.8. The summed E-state index contributed by atoms with van der Waals surface area (Å²) >= 11 is 0. The van der Waals surface area contributed by atoms with E-state index >= 15 is 0 Å². The minimum absolute atomic E-state index is 0.0261. The second kappa shape index (κ2) is 9.10. The number of amides is 2. The standard InChI is InChI=1S/C26H28N2O6/c1-33-16(11-23(29)28-13-15-10-22(28)24(15)25(30)31)12-27-26(32)34-14-21-19-8-4-2-6-17(19)18-7-3-5-9-20(18)21/h2-9,15-16,21-22,24H,10-14H2,1H3,(H,27,32)(H,30,31). The second-order valence-corrected chi connectivity index (χ2v) is 9.24. The van der Waals surface area contributed by atoms with Crippen molar-refractivity contribution in [2.45, 2.75) is 30.9 Å². The van der Waals surface area contributed by atoms with Crippen LogP contribution in [0.1, 0.15) is 29.9 Å². The van der Waals surface area contributed by atoms with Crippen molar-refractivity contribution in [1.29, 1.82) is 0 Å². The van der Waals surface area contributed by atoms with Gasteiger partial charge in [0.1, 0.15) is 6.61 Å². The first-order valence-electron chi connectivity index (χ1n) is 11.6. The number of aliphatic carboxylic acids is 1. The molecule has 4 unspecified atom stereocenters. The Hall–Kier alpha value is -3.39. The molecule has 2 aromatic carbocycles. The monoisotopic (exact) mass is 464 g/mol. The molecule has 178 valence electrons. The van der Waals surface area contributed by atoms with Crippen molar-refractivity contribution >= 4 is 18.0 Å². The van der Waals surface area contributed by atoms with E-state index in [1.54, 1.807) is 4.90 Å². The Morgan fingerprint density at radius 2 is 1.74 bits per heavy atom. The molecule has 6 rings (SSSR count). The van der Waals surface area contributed by atoms with Gasteiger partial charge in [-0.25, -0.2) is 4.79 Å². The highest BCUT2D eigenvalue weighted by Gasteiger charge is 2.57. The molecule has 4 atom stereocenters. The van der Waals surface area contributed by atoms with Crippen LogP contribution in [0.5, 0.6) is 0 Å². The van der Waals surface area contributed by atoms with Crippen molar-refractivity contribution in [3.05, 3.63) is 59.7 Å². The summed E-state index contributed by atoms with van der Waals surface area (Å²) in [6, 6.07) is 16.0. The smallest absolute Gasteiger partial charge is 0.407 e. The summed E-state index contributed by atoms with van der Waals surface area (Å²) in [7, 11) is 1.49. The van der Waals surface area contributed by atoms with E-state index in [0.717, 1.165) is 28.7 Å². The minimum Gasteiger partial charge on any atom is -0.481 e. The first-order chi connectivity index (χ1) is 16.5. The van der Waals surface area contributed by atoms with E-state index in [1.165, 1.54) is 7.11 Å². The lowest BCUT2D eigenvalue weighted by Crippen LogP contribution is -2.46. The first-order valence-corrected chi connectivity index (χ1v) is 11.6. The highest BCUT2D eigenvalue weighted by molar-refractivity contribution is 5.82. The predicted molar refractivity (Wildman–Crippen MR) is 123 cm³/mol. The van der Waals surface area contributed by atoms with Gasteiger partial charge in [-0.05, 0) is 34.6 Å². The molecule has 0 aromatic heterocycles. The number of hydrogen-bond donors (Lipinski definition) is 2. The normalized spacial score (nSPS) is 23.0. The molecular formula is C26H28N2O6. The summed E-state index contributed by atoms with van der Waals surface area (Å²) in [5.41, 5.74) is 4.60. The van der Waals surface area contributed by atoms with Crippen LogP contribution in [-0.4, -0.2) is 66.9 Å². The van der Waals surface area contributed by atoms with Crippen molar-refractivity contribution in [2.75, 3.05) is 26.8 Å². The van der Waals surface area contributed by atoms with Gasteiger partial charge in [0.25, 0.3) is 0 Å². The van der Waals surface area contributed by atoms with Gasteiger partial charge in [0, 0.05) is 32.2 Å². The van der Waals surface area contributed by atoms with E-state index in [4.69, 9.17) is 9.47 Å². The third kappa shape index (κ3) is 3.92. The van der Waals surface area contributed by atoms with Crippen molar-refractivity contribution in [3.63, 3.8) is 0 Å². The van der Waals surface area contributed by atoms with Gasteiger partial charge < -0.3 is 24.8 Å². The van der Waals surface area contributed by atoms with E-state index in [2.05, 4.69) is 29.6 Å². The number of carboxylic acid groups (broad SMARTS) is 1. The average Bonchev–Trinajstić information content (AvgIpc) is 3.51. The first kappa shape index (κ1) is 22.4. The van der Waals surface area contributed by atoms with Crippen LogP contribution < -0.4 is 5.32 Å². The van der Waals surface area contributed by atoms with Crippen molar-refractivity contribution < 1.29 is 29.0 Å². The van der Waals surface area contributed by atoms with Crippen molar-refractivity contribution in [2.24, 2.45) is 11.8 Å². The highest BCUT2D eigenvalue weighted by atomic mass is 16.5. The summed E-state index contributed by atoms with van der Waals surface area (Å²) in [5.74, 6) is -1.41. The van der Waals surface area contributed by atoms with Gasteiger partial charge in [0.2, 0.25) is 5.91 Å². The van der Waals surface area contributed by atoms with Gasteiger partial charge in [-0.1, -0.05) is 48.5 Å². The number of fused-ring (bicyclic) bond motifs is 4. The Morgan fingerprint density at radius 3 is 2.32 bits per heavy atom. The van der Waals surface area contributed by atoms with Crippen LogP contribution in [0.3, 0.4) is 0 Å². The summed E-state index contributed by atoms with van der Waals surface area (Å²) < 4.78 is 10.9. The van der Waals surface area contributed by atoms with E-state index < -0.39 is 24.1 Å². The lowest BCUT2D eigenvalue weighted by molar-refractivity contribution is -0.148. The molecule has 1 saturated carbocycles. The molecule has 2 bridgehead atoms. The van der Waals surface area contributed by atoms with Gasteiger partial charge in [-0.2, -0.15) is 0 Å². The summed E-state index contributed by atoms with van der Waals surface area (Å²) in [4.78, 5) is 38.1. The number of ether oxygens (including phenoxy) is 2. The number of methoxy groups -OCH3 is 1. The Kier molecular flexibility index (Phi) is 6.00. The Balaban J connectivity index is 1.12. The lowest BCUT2D eigenvalue weighted by atomic mass is 9.74. The van der Waals surface area contributed by atoms with E-state index in [1.807, 2.05) is 24.3 Å². The molecule has 2 aliphatic heterocycles. The van der Waals surface area contributed by atoms with Crippen LogP contribution in [0.4, 0.5) is 4.79 Å². The van der Waals surface area contributed by atoms with Crippen LogP contribution in [0, 0.1) is 11.8 Å². The third-order valence-electron chi connectivity index (χ3n) is 7.46. The molecule has 2 N–H and O–H groups in total. The minimum atomic E-state index is -0.836. The number of benzene rings is 2. The molecule has 2 aliphatic carbocycles. The number of nitrogens with zero attached hydrogens (tertiary/aromatic N) is 1. The largest absolute Gasteiger partial charge is 0.481 e. The number of nitrogens with one attached hydrogen (secondary N) is 1. The zero-order valence-electron chi connectivity index (χ0n) is 19.0. The maximum Gasteiger partial charge on any atom is 0.407 e. The summed E-state index contributed by atoms with van der Waals surface area (Å²) in [5, 5.41) is 12.0. The number of alkyl carbamates (subject to hydrolysis) is 1. The third-order valence-corrected chi connectivity index (χ3v) is 7.46. The SMILES string of the molecule is COC(CNC(=O)OCC1c2ccccc2-c2ccccc21)CC(=O)N1CC2CC1C2C(=O)O. The Labute approximate surface area is 197 Å². The topological polar surface area (TPSA) is 105 Å². The van der Waals surface area contributed by atoms with Gasteiger partial charge in [0.15, 0.2) is 0 Å². The molecule has 2 aromatic rings. The van der Waals surface area contributed by atoms with E-state index in [-0.39, 0.29) is 43.4 Å². The van der Waals surface area contributed by atoms with E-state index in [0.29, 0.717) is 6.54 Å². The Bertz CT molecular complexity index is 1070. The quantitative estimate of drug-likeness (QED) is 0.623. The molecular weight excluding hydrogens is 436 g/mol. The fourth-order valence-corrected chi connectivity index (χ4v) is 5.67. The molecule has 8 heteroatoms. The molecule has 2 amide bonds. The molecule has 0 radical (unpaired) electrons. The molecule has 4 aliphatic rings. The molecule has 8 nitrogen and oxygen atoms in total. The highest BCUT2D eigenvalue weighted by Crippen LogP contribution is 2.47. The molecule has 34 heavy (non-hydrogen) atoms. The van der Waals surface area contributed by atoms with Gasteiger partial charge in [-0.3, -0.25) is 9.59 Å². The number of carbonyl (C=O) groups is 3. The van der Waals surface area contributed by atoms with Crippen LogP contribution in [0.25, 0.3) is 11.1 Å². The zero-order valence-corrected chi connectivity index (χ0v) is 19.0. The number of hydrogen-bond acceptors (Lipinski definition) is 5. The molecule has 2 saturated heterocycles. The van der Waals surface area contributed by atoms with Gasteiger partial charge in [-0.15, -0.1) is 0 Å². The number of carbonyl (C=O) groups excluding carboxylic acids is 2. The number of rotatable bonds is 8. The fraction of sp³-hybridized carbons (Fsp3) is 0.423. The predicted octanol–water partition coefficient (Wildman–Crippen LogP) is 2.86. The van der Waals surface area contributed by atoms with Crippen LogP contribution in [0.2, 0.25) is 0 Å². The van der Waals surface area contributed by atoms with E-state index in [9.17, 15) is 19.5 Å². The summed E-state index contributed by atoms with van der Waals surface area (Å²) in [6.45, 7) is 0.823. The average molecular weight is 465 g/mol. The van der Waals surface area contributed by atoms with Crippen LogP contribution in [0.15, 0.2) is 48.5 Å². The van der Waals surface area contributed by atoms with Crippen molar-refractivity contribution in [3.8, 4) is 11.1 Å². The Morgan fingerprint density at radius 1 is 1.09 bits per heavy atom. The number of carboxylic acids is 1. The lowest BCUT2D eigenvalue weighted by Gasteiger charge is -2.33. The van der Waals surface area contributed by atoms with Crippen LogP contribution in [-0.2, 0) is 19.1 Å². The molecule has 0 spiro atoms. The molecule has 2 heterocycles. The molecule has 3 fully saturated rings. The fourth-order valence-electron chi connectivity index (χ4n) is 5.67. The summed E-state index contributed by atoms with van der Waals surface area (Å²) in [6.07, 6.45) is -0.256. The van der Waals surface area contributed by atoms with Gasteiger partial charge >= 0.3 is 12.1 Å². The van der Waals surface area contributed by atoms with Crippen molar-refractivity contribution in [1.82, 2.24) is 10.2 Å².